The molecule has 2 nitrogen and oxygen atoms in total. The van der Waals surface area contributed by atoms with Crippen molar-refractivity contribution in [1.82, 2.24) is 0 Å². The lowest BCUT2D eigenvalue weighted by Gasteiger charge is -2.18. The molecule has 0 aliphatic carbocycles. The number of aliphatic hydroxyl groups is 1. The van der Waals surface area contributed by atoms with Crippen LogP contribution in [0, 0.1) is 5.82 Å². The van der Waals surface area contributed by atoms with E-state index in [0.29, 0.717) is 17.5 Å². The normalized spacial score (nSPS) is 18.4. The van der Waals surface area contributed by atoms with Crippen molar-refractivity contribution in [3.8, 4) is 5.75 Å². The molecule has 0 radical (unpaired) electrons. The molecule has 0 amide bonds. The third kappa shape index (κ3) is 2.58. The molecule has 4 heteroatoms. The van der Waals surface area contributed by atoms with Gasteiger partial charge in [0, 0.05) is 22.4 Å². The predicted octanol–water partition coefficient (Wildman–Crippen LogP) is 3.67. The summed E-state index contributed by atoms with van der Waals surface area (Å²) in [6, 6.07) is 12.3. The first-order valence-corrected chi connectivity index (χ1v) is 7.28. The predicted molar refractivity (Wildman–Crippen MR) is 78.5 cm³/mol. The molecule has 0 spiro atoms. The Bertz CT molecular complexity index is 630. The summed E-state index contributed by atoms with van der Waals surface area (Å²) in [6.07, 6.45) is -0.0936. The molecule has 2 unspecified atom stereocenters. The smallest absolute Gasteiger partial charge is 0.124 e. The Balaban J connectivity index is 1.79. The van der Waals surface area contributed by atoms with Gasteiger partial charge in [-0.25, -0.2) is 4.39 Å². The van der Waals surface area contributed by atoms with Crippen LogP contribution in [-0.2, 0) is 6.42 Å². The van der Waals surface area contributed by atoms with Crippen LogP contribution in [0.4, 0.5) is 4.39 Å². The molecule has 1 aliphatic rings. The molecule has 0 saturated heterocycles. The number of rotatable bonds is 3. The van der Waals surface area contributed by atoms with Crippen molar-refractivity contribution in [2.24, 2.45) is 0 Å². The fraction of sp³-hybridized carbons (Fsp3) is 0.250. The van der Waals surface area contributed by atoms with Crippen molar-refractivity contribution < 1.29 is 14.2 Å². The minimum absolute atomic E-state index is 0.0387. The van der Waals surface area contributed by atoms with Crippen LogP contribution in [0.3, 0.4) is 0 Å². The maximum atomic E-state index is 13.1. The molecule has 2 atom stereocenters. The Morgan fingerprint density at radius 1 is 1.30 bits per heavy atom. The summed E-state index contributed by atoms with van der Waals surface area (Å²) in [7, 11) is 0. The number of hydrogen-bond donors (Lipinski definition) is 1. The Hall–Kier alpha value is -1.39. The van der Waals surface area contributed by atoms with E-state index in [1.54, 1.807) is 6.07 Å². The summed E-state index contributed by atoms with van der Waals surface area (Å²) in [6.45, 7) is 0.485. The van der Waals surface area contributed by atoms with Gasteiger partial charge in [0.15, 0.2) is 0 Å². The fourth-order valence-electron chi connectivity index (χ4n) is 2.56. The third-order valence-electron chi connectivity index (χ3n) is 3.65. The van der Waals surface area contributed by atoms with Crippen LogP contribution in [0.5, 0.6) is 5.75 Å². The van der Waals surface area contributed by atoms with Crippen molar-refractivity contribution >= 4 is 15.9 Å². The lowest BCUT2D eigenvalue weighted by atomic mass is 9.91. The Morgan fingerprint density at radius 3 is 2.90 bits per heavy atom. The molecular weight excluding hydrogens is 323 g/mol. The average Bonchev–Trinajstić information content (AvgIpc) is 2.86. The third-order valence-corrected chi connectivity index (χ3v) is 4.38. The van der Waals surface area contributed by atoms with Gasteiger partial charge in [0.25, 0.3) is 0 Å². The van der Waals surface area contributed by atoms with Crippen LogP contribution in [0.25, 0.3) is 0 Å². The van der Waals surface area contributed by atoms with E-state index in [2.05, 4.69) is 15.9 Å². The molecule has 0 fully saturated rings. The highest BCUT2D eigenvalue weighted by atomic mass is 79.9. The number of para-hydroxylation sites is 1. The number of benzene rings is 2. The van der Waals surface area contributed by atoms with Gasteiger partial charge in [0.2, 0.25) is 0 Å². The van der Waals surface area contributed by atoms with Crippen LogP contribution in [0.2, 0.25) is 0 Å². The minimum Gasteiger partial charge on any atom is -0.493 e. The summed E-state index contributed by atoms with van der Waals surface area (Å²) >= 11 is 3.33. The maximum absolute atomic E-state index is 13.1. The molecule has 1 heterocycles. The van der Waals surface area contributed by atoms with Gasteiger partial charge in [-0.15, -0.1) is 0 Å². The van der Waals surface area contributed by atoms with E-state index < -0.39 is 6.10 Å². The second-order valence-corrected chi connectivity index (χ2v) is 5.82. The van der Waals surface area contributed by atoms with E-state index >= 15 is 0 Å². The van der Waals surface area contributed by atoms with E-state index in [1.165, 1.54) is 12.1 Å². The first-order chi connectivity index (χ1) is 9.65. The molecule has 0 bridgehead atoms. The van der Waals surface area contributed by atoms with Crippen molar-refractivity contribution in [2.45, 2.75) is 18.4 Å². The zero-order valence-corrected chi connectivity index (χ0v) is 12.3. The molecule has 3 rings (SSSR count). The molecule has 2 aromatic rings. The quantitative estimate of drug-likeness (QED) is 0.926. The number of fused-ring (bicyclic) bond motifs is 1. The summed E-state index contributed by atoms with van der Waals surface area (Å²) in [5.41, 5.74) is 1.93. The van der Waals surface area contributed by atoms with Gasteiger partial charge in [-0.2, -0.15) is 0 Å². The number of aliphatic hydroxyl groups excluding tert-OH is 1. The van der Waals surface area contributed by atoms with E-state index in [4.69, 9.17) is 4.74 Å². The SMILES string of the molecule is OC(Cc1ccc(F)cc1Br)C1COc2ccccc21. The van der Waals surface area contributed by atoms with Crippen LogP contribution >= 0.6 is 15.9 Å². The summed E-state index contributed by atoms with van der Waals surface area (Å²) in [5, 5.41) is 10.4. The van der Waals surface area contributed by atoms with Crippen molar-refractivity contribution in [3.63, 3.8) is 0 Å². The fourth-order valence-corrected chi connectivity index (χ4v) is 3.07. The highest BCUT2D eigenvalue weighted by molar-refractivity contribution is 9.10. The van der Waals surface area contributed by atoms with Gasteiger partial charge in [-0.05, 0) is 23.8 Å². The van der Waals surface area contributed by atoms with Gasteiger partial charge < -0.3 is 9.84 Å². The monoisotopic (exact) mass is 336 g/mol. The molecule has 0 aromatic heterocycles. The summed E-state index contributed by atoms with van der Waals surface area (Å²) < 4.78 is 19.3. The molecule has 2 aromatic carbocycles. The Labute approximate surface area is 125 Å². The van der Waals surface area contributed by atoms with Gasteiger partial charge in [0.05, 0.1) is 12.7 Å². The number of halogens is 2. The first kappa shape index (κ1) is 13.6. The Kier molecular flexibility index (Phi) is 3.76. The first-order valence-electron chi connectivity index (χ1n) is 6.49. The highest BCUT2D eigenvalue weighted by Gasteiger charge is 2.30. The average molecular weight is 337 g/mol. The van der Waals surface area contributed by atoms with Gasteiger partial charge in [0.1, 0.15) is 11.6 Å². The van der Waals surface area contributed by atoms with Crippen LogP contribution in [0.15, 0.2) is 46.9 Å². The molecular formula is C16H14BrFO2. The van der Waals surface area contributed by atoms with E-state index in [9.17, 15) is 9.50 Å². The minimum atomic E-state index is -0.555. The number of ether oxygens (including phenoxy) is 1. The van der Waals surface area contributed by atoms with Crippen LogP contribution < -0.4 is 4.74 Å². The second-order valence-electron chi connectivity index (χ2n) is 4.96. The van der Waals surface area contributed by atoms with Gasteiger partial charge in [-0.3, -0.25) is 0 Å². The van der Waals surface area contributed by atoms with E-state index in [0.717, 1.165) is 16.9 Å². The van der Waals surface area contributed by atoms with E-state index in [-0.39, 0.29) is 11.7 Å². The van der Waals surface area contributed by atoms with Crippen molar-refractivity contribution in [2.75, 3.05) is 6.61 Å². The number of hydrogen-bond acceptors (Lipinski definition) is 2. The molecule has 0 saturated carbocycles. The molecule has 104 valence electrons. The highest BCUT2D eigenvalue weighted by Crippen LogP contribution is 2.36. The topological polar surface area (TPSA) is 29.5 Å². The summed E-state index contributed by atoms with van der Waals surface area (Å²) in [5.74, 6) is 0.516. The second kappa shape index (κ2) is 5.54. The zero-order valence-electron chi connectivity index (χ0n) is 10.7. The largest absolute Gasteiger partial charge is 0.493 e. The lowest BCUT2D eigenvalue weighted by Crippen LogP contribution is -2.22. The van der Waals surface area contributed by atoms with Gasteiger partial charge in [-0.1, -0.05) is 40.2 Å². The zero-order chi connectivity index (χ0) is 14.1. The maximum Gasteiger partial charge on any atom is 0.124 e. The van der Waals surface area contributed by atoms with Crippen molar-refractivity contribution in [3.05, 3.63) is 63.9 Å². The molecule has 1 aliphatic heterocycles. The lowest BCUT2D eigenvalue weighted by molar-refractivity contribution is 0.129. The molecule has 1 N–H and O–H groups in total. The summed E-state index contributed by atoms with van der Waals surface area (Å²) in [4.78, 5) is 0. The molecule has 20 heavy (non-hydrogen) atoms. The van der Waals surface area contributed by atoms with Crippen LogP contribution in [-0.4, -0.2) is 17.8 Å². The van der Waals surface area contributed by atoms with E-state index in [1.807, 2.05) is 24.3 Å². The standard InChI is InChI=1S/C16H14BrFO2/c17-14-8-11(18)6-5-10(14)7-15(19)13-9-20-16-4-2-1-3-12(13)16/h1-6,8,13,15,19H,7,9H2. The van der Waals surface area contributed by atoms with Gasteiger partial charge >= 0.3 is 0 Å². The van der Waals surface area contributed by atoms with Crippen LogP contribution in [0.1, 0.15) is 17.0 Å². The Morgan fingerprint density at radius 2 is 2.10 bits per heavy atom. The van der Waals surface area contributed by atoms with Crippen molar-refractivity contribution in [1.29, 1.82) is 0 Å².